The van der Waals surface area contributed by atoms with Crippen molar-refractivity contribution in [1.82, 2.24) is 10.3 Å². The van der Waals surface area contributed by atoms with E-state index in [1.54, 1.807) is 6.07 Å². The van der Waals surface area contributed by atoms with E-state index in [0.717, 1.165) is 16.6 Å². The van der Waals surface area contributed by atoms with Crippen LogP contribution in [0, 0.1) is 13.8 Å². The van der Waals surface area contributed by atoms with Gasteiger partial charge in [-0.2, -0.15) is 0 Å². The Bertz CT molecular complexity index is 579. The molecule has 17 heavy (non-hydrogen) atoms. The molecule has 0 aliphatic carbocycles. The zero-order valence-electron chi connectivity index (χ0n) is 10.1. The molecule has 4 nitrogen and oxygen atoms in total. The van der Waals surface area contributed by atoms with E-state index in [-0.39, 0.29) is 0 Å². The number of para-hydroxylation sites is 1. The van der Waals surface area contributed by atoms with Crippen molar-refractivity contribution in [2.24, 2.45) is 0 Å². The van der Waals surface area contributed by atoms with Gasteiger partial charge in [0.05, 0.1) is 0 Å². The number of nitrogens with zero attached hydrogens (tertiary/aromatic N) is 1. The molecule has 1 amide bonds. The van der Waals surface area contributed by atoms with E-state index in [2.05, 4.69) is 10.3 Å². The Morgan fingerprint density at radius 3 is 2.82 bits per heavy atom. The molecule has 1 heterocycles. The summed E-state index contributed by atoms with van der Waals surface area (Å²) in [6.45, 7) is 3.94. The minimum atomic E-state index is -0.488. The predicted molar refractivity (Wildman–Crippen MR) is 66.3 cm³/mol. The molecule has 2 aromatic rings. The third kappa shape index (κ3) is 2.20. The Balaban J connectivity index is 2.56. The number of hydrogen-bond acceptors (Lipinski definition) is 3. The molecule has 0 aliphatic heterocycles. The summed E-state index contributed by atoms with van der Waals surface area (Å²) in [6, 6.07) is 7.57. The summed E-state index contributed by atoms with van der Waals surface area (Å²) >= 11 is 0. The fourth-order valence-corrected chi connectivity index (χ4v) is 1.60. The fourth-order valence-electron chi connectivity index (χ4n) is 1.60. The lowest BCUT2D eigenvalue weighted by molar-refractivity contribution is 0.203. The SMILES string of the molecule is CNC(=O)Oc1cccc2cc(C)c(C)nc12. The third-order valence-corrected chi connectivity index (χ3v) is 2.66. The summed E-state index contributed by atoms with van der Waals surface area (Å²) < 4.78 is 5.16. The lowest BCUT2D eigenvalue weighted by atomic mass is 10.1. The topological polar surface area (TPSA) is 51.2 Å². The highest BCUT2D eigenvalue weighted by molar-refractivity contribution is 5.87. The molecule has 0 aliphatic rings. The predicted octanol–water partition coefficient (Wildman–Crippen LogP) is 2.57. The van der Waals surface area contributed by atoms with Crippen molar-refractivity contribution in [2.75, 3.05) is 7.05 Å². The maximum atomic E-state index is 11.2. The van der Waals surface area contributed by atoms with Crippen LogP contribution < -0.4 is 10.1 Å². The van der Waals surface area contributed by atoms with Gasteiger partial charge in [-0.3, -0.25) is 0 Å². The first-order valence-electron chi connectivity index (χ1n) is 5.38. The Labute approximate surface area is 99.6 Å². The van der Waals surface area contributed by atoms with Crippen LogP contribution in [0.15, 0.2) is 24.3 Å². The third-order valence-electron chi connectivity index (χ3n) is 2.66. The van der Waals surface area contributed by atoms with Gasteiger partial charge in [-0.15, -0.1) is 0 Å². The van der Waals surface area contributed by atoms with Crippen molar-refractivity contribution in [3.63, 3.8) is 0 Å². The standard InChI is InChI=1S/C13H14N2O2/c1-8-7-10-5-4-6-11(17-13(16)14-3)12(10)15-9(8)2/h4-7H,1-3H3,(H,14,16). The van der Waals surface area contributed by atoms with Crippen molar-refractivity contribution >= 4 is 17.0 Å². The Kier molecular flexibility index (Phi) is 2.95. The number of fused-ring (bicyclic) bond motifs is 1. The zero-order valence-corrected chi connectivity index (χ0v) is 10.1. The maximum absolute atomic E-state index is 11.2. The van der Waals surface area contributed by atoms with Crippen LogP contribution in [0.4, 0.5) is 4.79 Å². The summed E-state index contributed by atoms with van der Waals surface area (Å²) in [5.74, 6) is 0.477. The number of ether oxygens (including phenoxy) is 1. The Hall–Kier alpha value is -2.10. The molecule has 2 rings (SSSR count). The maximum Gasteiger partial charge on any atom is 0.412 e. The second-order valence-corrected chi connectivity index (χ2v) is 3.86. The number of amides is 1. The van der Waals surface area contributed by atoms with E-state index in [1.165, 1.54) is 7.05 Å². The number of aryl methyl sites for hydroxylation is 2. The van der Waals surface area contributed by atoms with E-state index in [0.29, 0.717) is 11.3 Å². The molecule has 0 unspecified atom stereocenters. The zero-order chi connectivity index (χ0) is 12.4. The van der Waals surface area contributed by atoms with Crippen LogP contribution in [0.3, 0.4) is 0 Å². The number of carbonyl (C=O) groups excluding carboxylic acids is 1. The highest BCUT2D eigenvalue weighted by atomic mass is 16.6. The van der Waals surface area contributed by atoms with Gasteiger partial charge in [-0.05, 0) is 31.5 Å². The van der Waals surface area contributed by atoms with Crippen LogP contribution in [-0.2, 0) is 0 Å². The molecule has 0 saturated heterocycles. The Morgan fingerprint density at radius 2 is 2.12 bits per heavy atom. The van der Waals surface area contributed by atoms with E-state index >= 15 is 0 Å². The number of carbonyl (C=O) groups is 1. The van der Waals surface area contributed by atoms with E-state index in [4.69, 9.17) is 4.74 Å². The molecule has 4 heteroatoms. The Morgan fingerprint density at radius 1 is 1.35 bits per heavy atom. The number of hydrogen-bond donors (Lipinski definition) is 1. The smallest absolute Gasteiger partial charge is 0.408 e. The molecule has 1 aromatic heterocycles. The van der Waals surface area contributed by atoms with E-state index in [1.807, 2.05) is 32.0 Å². The van der Waals surface area contributed by atoms with Gasteiger partial charge in [0, 0.05) is 18.1 Å². The van der Waals surface area contributed by atoms with Gasteiger partial charge >= 0.3 is 6.09 Å². The molecule has 0 bridgehead atoms. The lowest BCUT2D eigenvalue weighted by Gasteiger charge is -2.08. The molecular formula is C13H14N2O2. The minimum absolute atomic E-state index is 0.477. The first-order chi connectivity index (χ1) is 8.11. The fraction of sp³-hybridized carbons (Fsp3) is 0.231. The van der Waals surface area contributed by atoms with Crippen LogP contribution in [0.2, 0.25) is 0 Å². The number of benzene rings is 1. The molecule has 1 aromatic carbocycles. The van der Waals surface area contributed by atoms with Crippen LogP contribution in [0.25, 0.3) is 10.9 Å². The van der Waals surface area contributed by atoms with E-state index < -0.39 is 6.09 Å². The van der Waals surface area contributed by atoms with Gasteiger partial charge in [-0.1, -0.05) is 12.1 Å². The monoisotopic (exact) mass is 230 g/mol. The summed E-state index contributed by atoms with van der Waals surface area (Å²) in [4.78, 5) is 15.7. The van der Waals surface area contributed by atoms with Crippen molar-refractivity contribution in [1.29, 1.82) is 0 Å². The average Bonchev–Trinajstić information content (AvgIpc) is 2.31. The number of rotatable bonds is 1. The van der Waals surface area contributed by atoms with Crippen LogP contribution >= 0.6 is 0 Å². The van der Waals surface area contributed by atoms with Gasteiger partial charge < -0.3 is 10.1 Å². The molecule has 0 radical (unpaired) electrons. The molecular weight excluding hydrogens is 216 g/mol. The van der Waals surface area contributed by atoms with Crippen LogP contribution in [-0.4, -0.2) is 18.1 Å². The van der Waals surface area contributed by atoms with E-state index in [9.17, 15) is 4.79 Å². The van der Waals surface area contributed by atoms with Crippen molar-refractivity contribution in [3.05, 3.63) is 35.5 Å². The first-order valence-corrected chi connectivity index (χ1v) is 5.38. The normalized spacial score (nSPS) is 10.3. The highest BCUT2D eigenvalue weighted by Crippen LogP contribution is 2.25. The van der Waals surface area contributed by atoms with Crippen molar-refractivity contribution in [3.8, 4) is 5.75 Å². The van der Waals surface area contributed by atoms with Crippen molar-refractivity contribution in [2.45, 2.75) is 13.8 Å². The molecule has 0 spiro atoms. The van der Waals surface area contributed by atoms with Crippen molar-refractivity contribution < 1.29 is 9.53 Å². The van der Waals surface area contributed by atoms with Gasteiger partial charge in [-0.25, -0.2) is 9.78 Å². The average molecular weight is 230 g/mol. The minimum Gasteiger partial charge on any atom is -0.408 e. The van der Waals surface area contributed by atoms with Crippen LogP contribution in [0.1, 0.15) is 11.3 Å². The summed E-state index contributed by atoms with van der Waals surface area (Å²) in [6.07, 6.45) is -0.488. The number of aromatic nitrogens is 1. The lowest BCUT2D eigenvalue weighted by Crippen LogP contribution is -2.22. The second kappa shape index (κ2) is 4.41. The van der Waals surface area contributed by atoms with Gasteiger partial charge in [0.25, 0.3) is 0 Å². The molecule has 0 atom stereocenters. The second-order valence-electron chi connectivity index (χ2n) is 3.86. The summed E-state index contributed by atoms with van der Waals surface area (Å²) in [7, 11) is 1.52. The van der Waals surface area contributed by atoms with Gasteiger partial charge in [0.1, 0.15) is 5.52 Å². The summed E-state index contributed by atoms with van der Waals surface area (Å²) in [5.41, 5.74) is 2.76. The van der Waals surface area contributed by atoms with Crippen LogP contribution in [0.5, 0.6) is 5.75 Å². The number of nitrogens with one attached hydrogen (secondary N) is 1. The first kappa shape index (κ1) is 11.4. The largest absolute Gasteiger partial charge is 0.412 e. The number of pyridine rings is 1. The molecule has 0 saturated carbocycles. The van der Waals surface area contributed by atoms with Gasteiger partial charge in [0.15, 0.2) is 5.75 Å². The quantitative estimate of drug-likeness (QED) is 0.819. The highest BCUT2D eigenvalue weighted by Gasteiger charge is 2.08. The molecule has 1 N–H and O–H groups in total. The molecule has 88 valence electrons. The summed E-state index contributed by atoms with van der Waals surface area (Å²) in [5, 5.41) is 3.38. The van der Waals surface area contributed by atoms with Gasteiger partial charge in [0.2, 0.25) is 0 Å². The molecule has 0 fully saturated rings.